The lowest BCUT2D eigenvalue weighted by Gasteiger charge is -2.27. The summed E-state index contributed by atoms with van der Waals surface area (Å²) in [5, 5.41) is 10.2. The Bertz CT molecular complexity index is 1130. The summed E-state index contributed by atoms with van der Waals surface area (Å²) >= 11 is 0. The molecule has 3 rings (SSSR count). The van der Waals surface area contributed by atoms with Gasteiger partial charge in [-0.2, -0.15) is 13.2 Å². The van der Waals surface area contributed by atoms with Crippen LogP contribution >= 0.6 is 0 Å². The number of likely N-dealkylation sites (N-methyl/N-ethyl adjacent to an activating group) is 1. The Labute approximate surface area is 190 Å². The zero-order valence-electron chi connectivity index (χ0n) is 18.9. The van der Waals surface area contributed by atoms with Crippen molar-refractivity contribution in [3.05, 3.63) is 82.9 Å². The molecule has 1 aromatic heterocycles. The van der Waals surface area contributed by atoms with Gasteiger partial charge in [0.1, 0.15) is 17.2 Å². The molecule has 0 spiro atoms. The van der Waals surface area contributed by atoms with Crippen LogP contribution in [0.15, 0.2) is 54.6 Å². The molecule has 2 aromatic carbocycles. The number of hydrogen-bond acceptors (Lipinski definition) is 2. The van der Waals surface area contributed by atoms with E-state index < -0.39 is 29.2 Å². The van der Waals surface area contributed by atoms with Crippen LogP contribution in [0.1, 0.15) is 41.2 Å². The van der Waals surface area contributed by atoms with Crippen molar-refractivity contribution in [3.8, 4) is 11.1 Å². The Balaban J connectivity index is 2.32. The monoisotopic (exact) mass is 462 g/mol. The quantitative estimate of drug-likeness (QED) is 0.491. The molecule has 176 valence electrons. The molecule has 33 heavy (non-hydrogen) atoms. The molecule has 0 saturated carbocycles. The highest BCUT2D eigenvalue weighted by Crippen LogP contribution is 2.41. The minimum atomic E-state index is -4.74. The largest absolute Gasteiger partial charge is 0.431 e. The van der Waals surface area contributed by atoms with E-state index >= 15 is 0 Å². The lowest BCUT2D eigenvalue weighted by atomic mass is 10.00. The van der Waals surface area contributed by atoms with Crippen LogP contribution < -0.4 is 0 Å². The normalized spacial score (nSPS) is 12.2. The predicted molar refractivity (Wildman–Crippen MR) is 118 cm³/mol. The number of halogens is 4. The standard InChI is InChI=1S/C25H26F4N2O2/c1-16-20(18-10-12-19(26)13-11-18)21(23(32)30(4)15-24(2,3)33)31(22(16)25(27,28)29)14-17-8-6-5-7-9-17/h5-13,33H,14-15H2,1-4H3. The molecular formula is C25H26F4N2O2. The van der Waals surface area contributed by atoms with Crippen LogP contribution in [-0.4, -0.2) is 39.7 Å². The lowest BCUT2D eigenvalue weighted by Crippen LogP contribution is -2.40. The van der Waals surface area contributed by atoms with E-state index in [9.17, 15) is 27.5 Å². The molecule has 0 bridgehead atoms. The Morgan fingerprint density at radius 1 is 1.03 bits per heavy atom. The summed E-state index contributed by atoms with van der Waals surface area (Å²) in [6, 6.07) is 13.5. The van der Waals surface area contributed by atoms with Crippen LogP contribution in [0.4, 0.5) is 17.6 Å². The summed E-state index contributed by atoms with van der Waals surface area (Å²) in [5.74, 6) is -1.21. The van der Waals surface area contributed by atoms with Gasteiger partial charge < -0.3 is 14.6 Å². The molecule has 0 aliphatic heterocycles. The maximum absolute atomic E-state index is 14.3. The van der Waals surface area contributed by atoms with E-state index in [1.807, 2.05) is 0 Å². The molecule has 0 saturated heterocycles. The molecule has 8 heteroatoms. The molecule has 3 aromatic rings. The molecule has 0 radical (unpaired) electrons. The smallest absolute Gasteiger partial charge is 0.389 e. The maximum Gasteiger partial charge on any atom is 0.431 e. The number of hydrogen-bond donors (Lipinski definition) is 1. The highest BCUT2D eigenvalue weighted by molar-refractivity contribution is 6.01. The third kappa shape index (κ3) is 5.45. The number of nitrogens with zero attached hydrogens (tertiary/aromatic N) is 2. The average molecular weight is 462 g/mol. The van der Waals surface area contributed by atoms with Gasteiger partial charge in [-0.1, -0.05) is 42.5 Å². The second kappa shape index (κ2) is 9.02. The summed E-state index contributed by atoms with van der Waals surface area (Å²) in [5.41, 5.74) is -1.50. The van der Waals surface area contributed by atoms with Crippen molar-refractivity contribution in [1.82, 2.24) is 9.47 Å². The molecule has 0 atom stereocenters. The summed E-state index contributed by atoms with van der Waals surface area (Å²) in [6.45, 7) is 4.05. The van der Waals surface area contributed by atoms with Crippen LogP contribution in [0, 0.1) is 12.7 Å². The van der Waals surface area contributed by atoms with E-state index in [2.05, 4.69) is 0 Å². The Hall–Kier alpha value is -3.13. The van der Waals surface area contributed by atoms with E-state index in [1.54, 1.807) is 30.3 Å². The zero-order valence-corrected chi connectivity index (χ0v) is 18.9. The van der Waals surface area contributed by atoms with Crippen molar-refractivity contribution in [2.45, 2.75) is 39.1 Å². The van der Waals surface area contributed by atoms with E-state index in [1.165, 1.54) is 44.9 Å². The van der Waals surface area contributed by atoms with Crippen LogP contribution in [0.2, 0.25) is 0 Å². The highest BCUT2D eigenvalue weighted by atomic mass is 19.4. The number of aromatic nitrogens is 1. The Kier molecular flexibility index (Phi) is 6.70. The molecule has 1 amide bonds. The second-order valence-electron chi connectivity index (χ2n) is 8.75. The number of rotatable bonds is 6. The van der Waals surface area contributed by atoms with E-state index in [0.29, 0.717) is 11.1 Å². The van der Waals surface area contributed by atoms with Gasteiger partial charge in [0.2, 0.25) is 0 Å². The van der Waals surface area contributed by atoms with Crippen LogP contribution in [0.3, 0.4) is 0 Å². The minimum absolute atomic E-state index is 0.0888. The number of alkyl halides is 3. The first-order valence-corrected chi connectivity index (χ1v) is 10.4. The van der Waals surface area contributed by atoms with Gasteiger partial charge in [-0.25, -0.2) is 4.39 Å². The van der Waals surface area contributed by atoms with Crippen molar-refractivity contribution in [3.63, 3.8) is 0 Å². The van der Waals surface area contributed by atoms with Crippen LogP contribution in [0.25, 0.3) is 11.1 Å². The van der Waals surface area contributed by atoms with Crippen molar-refractivity contribution < 1.29 is 27.5 Å². The fourth-order valence-electron chi connectivity index (χ4n) is 4.06. The first kappa shape index (κ1) is 24.5. The molecule has 0 unspecified atom stereocenters. The molecule has 4 nitrogen and oxygen atoms in total. The Morgan fingerprint density at radius 3 is 2.12 bits per heavy atom. The number of amides is 1. The van der Waals surface area contributed by atoms with E-state index in [-0.39, 0.29) is 29.9 Å². The van der Waals surface area contributed by atoms with Gasteiger partial charge >= 0.3 is 6.18 Å². The fraction of sp³-hybridized carbons (Fsp3) is 0.320. The van der Waals surface area contributed by atoms with Gasteiger partial charge in [0, 0.05) is 25.7 Å². The fourth-order valence-corrected chi connectivity index (χ4v) is 4.06. The SMILES string of the molecule is Cc1c(-c2ccc(F)cc2)c(C(=O)N(C)CC(C)(C)O)n(Cc2ccccc2)c1C(F)(F)F. The van der Waals surface area contributed by atoms with Gasteiger partial charge in [-0.3, -0.25) is 4.79 Å². The summed E-state index contributed by atoms with van der Waals surface area (Å²) in [6.07, 6.45) is -4.74. The number of carbonyl (C=O) groups excluding carboxylic acids is 1. The second-order valence-corrected chi connectivity index (χ2v) is 8.75. The molecular weight excluding hydrogens is 436 g/mol. The molecule has 0 aliphatic rings. The van der Waals surface area contributed by atoms with Crippen LogP contribution in [-0.2, 0) is 12.7 Å². The van der Waals surface area contributed by atoms with Gasteiger partial charge in [0.15, 0.2) is 0 Å². The molecule has 1 N–H and O–H groups in total. The van der Waals surface area contributed by atoms with Gasteiger partial charge in [0.05, 0.1) is 5.60 Å². The third-order valence-corrected chi connectivity index (χ3v) is 5.27. The van der Waals surface area contributed by atoms with Gasteiger partial charge in [-0.15, -0.1) is 0 Å². The maximum atomic E-state index is 14.3. The molecule has 0 aliphatic carbocycles. The predicted octanol–water partition coefficient (Wildman–Crippen LogP) is 5.51. The zero-order chi connectivity index (χ0) is 24.6. The average Bonchev–Trinajstić information content (AvgIpc) is 2.99. The van der Waals surface area contributed by atoms with Crippen LogP contribution in [0.5, 0.6) is 0 Å². The first-order chi connectivity index (χ1) is 15.3. The van der Waals surface area contributed by atoms with Crippen molar-refractivity contribution >= 4 is 5.91 Å². The number of benzene rings is 2. The highest BCUT2D eigenvalue weighted by Gasteiger charge is 2.41. The summed E-state index contributed by atoms with van der Waals surface area (Å²) in [4.78, 5) is 14.7. The lowest BCUT2D eigenvalue weighted by molar-refractivity contribution is -0.143. The van der Waals surface area contributed by atoms with Crippen molar-refractivity contribution in [2.75, 3.05) is 13.6 Å². The van der Waals surface area contributed by atoms with Gasteiger partial charge in [-0.05, 0) is 49.6 Å². The van der Waals surface area contributed by atoms with Gasteiger partial charge in [0.25, 0.3) is 5.91 Å². The van der Waals surface area contributed by atoms with Crippen molar-refractivity contribution in [1.29, 1.82) is 0 Å². The molecule has 0 fully saturated rings. The van der Waals surface area contributed by atoms with Crippen molar-refractivity contribution in [2.24, 2.45) is 0 Å². The third-order valence-electron chi connectivity index (χ3n) is 5.27. The van der Waals surface area contributed by atoms with E-state index in [0.717, 1.165) is 16.7 Å². The first-order valence-electron chi connectivity index (χ1n) is 10.4. The topological polar surface area (TPSA) is 45.5 Å². The summed E-state index contributed by atoms with van der Waals surface area (Å²) in [7, 11) is 1.43. The Morgan fingerprint density at radius 2 is 1.61 bits per heavy atom. The molecule has 1 heterocycles. The number of carbonyl (C=O) groups is 1. The number of aliphatic hydroxyl groups is 1. The summed E-state index contributed by atoms with van der Waals surface area (Å²) < 4.78 is 57.4. The minimum Gasteiger partial charge on any atom is -0.389 e. The van der Waals surface area contributed by atoms with E-state index in [4.69, 9.17) is 0 Å².